The third-order valence-electron chi connectivity index (χ3n) is 5.01. The summed E-state index contributed by atoms with van der Waals surface area (Å²) in [6.07, 6.45) is -0.186. The lowest BCUT2D eigenvalue weighted by molar-refractivity contribution is -0.143. The first-order chi connectivity index (χ1) is 14.8. The molecule has 0 saturated heterocycles. The SMILES string of the molecule is CN(C)C(=O)C(=O)CC(C)(C)c1nc(C(=O)CCc2ccc(F)c(Cl)c2)c(O)c(=O)n1C. The minimum atomic E-state index is -1.08. The molecule has 0 fully saturated rings. The minimum absolute atomic E-state index is 0.0772. The Morgan fingerprint density at radius 2 is 1.88 bits per heavy atom. The maximum absolute atomic E-state index is 13.3. The molecule has 8 nitrogen and oxygen atoms in total. The van der Waals surface area contributed by atoms with Gasteiger partial charge in [0.05, 0.1) is 5.02 Å². The van der Waals surface area contributed by atoms with Gasteiger partial charge in [0.2, 0.25) is 11.5 Å². The van der Waals surface area contributed by atoms with Gasteiger partial charge in [-0.05, 0) is 24.1 Å². The normalized spacial score (nSPS) is 11.3. The first-order valence-corrected chi connectivity index (χ1v) is 10.2. The van der Waals surface area contributed by atoms with Gasteiger partial charge < -0.3 is 10.0 Å². The zero-order valence-corrected chi connectivity index (χ0v) is 19.3. The molecule has 172 valence electrons. The highest BCUT2D eigenvalue weighted by Crippen LogP contribution is 2.27. The summed E-state index contributed by atoms with van der Waals surface area (Å²) in [4.78, 5) is 54.9. The summed E-state index contributed by atoms with van der Waals surface area (Å²) in [5.74, 6) is -3.28. The smallest absolute Gasteiger partial charge is 0.296 e. The summed E-state index contributed by atoms with van der Waals surface area (Å²) >= 11 is 5.75. The van der Waals surface area contributed by atoms with Crippen molar-refractivity contribution in [2.24, 2.45) is 7.05 Å². The molecule has 1 aromatic carbocycles. The second-order valence-electron chi connectivity index (χ2n) is 8.35. The van der Waals surface area contributed by atoms with Gasteiger partial charge in [0.25, 0.3) is 11.5 Å². The van der Waals surface area contributed by atoms with Crippen LogP contribution < -0.4 is 5.56 Å². The molecule has 1 aromatic heterocycles. The summed E-state index contributed by atoms with van der Waals surface area (Å²) in [6, 6.07) is 4.06. The average molecular weight is 466 g/mol. The molecule has 0 aliphatic heterocycles. The quantitative estimate of drug-likeness (QED) is 0.473. The largest absolute Gasteiger partial charge is 0.501 e. The van der Waals surface area contributed by atoms with E-state index in [9.17, 15) is 28.7 Å². The van der Waals surface area contributed by atoms with Gasteiger partial charge in [-0.25, -0.2) is 9.37 Å². The number of aryl methyl sites for hydroxylation is 1. The number of ketones is 2. The number of rotatable bonds is 8. The lowest BCUT2D eigenvalue weighted by atomic mass is 9.85. The van der Waals surface area contributed by atoms with Gasteiger partial charge in [-0.2, -0.15) is 0 Å². The second-order valence-corrected chi connectivity index (χ2v) is 8.76. The Morgan fingerprint density at radius 3 is 2.44 bits per heavy atom. The number of aromatic nitrogens is 2. The molecular formula is C22H25ClFN3O5. The number of aromatic hydroxyl groups is 1. The van der Waals surface area contributed by atoms with Crippen molar-refractivity contribution in [2.75, 3.05) is 14.1 Å². The highest BCUT2D eigenvalue weighted by molar-refractivity contribution is 6.36. The van der Waals surface area contributed by atoms with E-state index in [4.69, 9.17) is 11.6 Å². The van der Waals surface area contributed by atoms with Gasteiger partial charge in [0, 0.05) is 39.4 Å². The summed E-state index contributed by atoms with van der Waals surface area (Å²) in [5.41, 5.74) is -1.75. The van der Waals surface area contributed by atoms with E-state index >= 15 is 0 Å². The number of benzene rings is 1. The molecular weight excluding hydrogens is 441 g/mol. The predicted octanol–water partition coefficient (Wildman–Crippen LogP) is 2.42. The Bertz CT molecular complexity index is 1140. The molecule has 2 aromatic rings. The van der Waals surface area contributed by atoms with Crippen LogP contribution in [0.4, 0.5) is 4.39 Å². The van der Waals surface area contributed by atoms with E-state index < -0.39 is 45.7 Å². The number of carbonyl (C=O) groups excluding carboxylic acids is 3. The Balaban J connectivity index is 2.35. The maximum atomic E-state index is 13.3. The topological polar surface area (TPSA) is 110 Å². The molecule has 0 aliphatic carbocycles. The standard InChI is InChI=1S/C22H25ClFN3O5/c1-22(2,11-16(29)19(31)26(3)4)21-25-17(18(30)20(32)27(21)5)15(28)9-7-12-6-8-14(24)13(23)10-12/h6,8,10,30H,7,9,11H2,1-5H3. The molecule has 0 bridgehead atoms. The zero-order valence-electron chi connectivity index (χ0n) is 18.5. The highest BCUT2D eigenvalue weighted by Gasteiger charge is 2.33. The van der Waals surface area contributed by atoms with Gasteiger partial charge in [0.1, 0.15) is 11.6 Å². The van der Waals surface area contributed by atoms with E-state index in [-0.39, 0.29) is 30.1 Å². The van der Waals surface area contributed by atoms with Crippen LogP contribution in [-0.2, 0) is 28.5 Å². The Morgan fingerprint density at radius 1 is 1.25 bits per heavy atom. The lowest BCUT2D eigenvalue weighted by Crippen LogP contribution is -2.38. The molecule has 32 heavy (non-hydrogen) atoms. The second kappa shape index (κ2) is 9.60. The van der Waals surface area contributed by atoms with Gasteiger partial charge in [-0.15, -0.1) is 0 Å². The van der Waals surface area contributed by atoms with Crippen LogP contribution in [-0.4, -0.2) is 51.1 Å². The molecule has 10 heteroatoms. The number of Topliss-reactive ketones (excluding diaryl/α,β-unsaturated/α-hetero) is 2. The van der Waals surface area contributed by atoms with E-state index in [0.29, 0.717) is 5.56 Å². The van der Waals surface area contributed by atoms with Crippen LogP contribution in [0.2, 0.25) is 5.02 Å². The van der Waals surface area contributed by atoms with Crippen molar-refractivity contribution in [3.63, 3.8) is 0 Å². The van der Waals surface area contributed by atoms with Gasteiger partial charge in [-0.3, -0.25) is 23.7 Å². The summed E-state index contributed by atoms with van der Waals surface area (Å²) in [7, 11) is 4.26. The molecule has 0 aliphatic rings. The first-order valence-electron chi connectivity index (χ1n) is 9.78. The minimum Gasteiger partial charge on any atom is -0.501 e. The Kier molecular flexibility index (Phi) is 7.56. The zero-order chi connectivity index (χ0) is 24.4. The van der Waals surface area contributed by atoms with Crippen molar-refractivity contribution in [3.8, 4) is 5.75 Å². The number of amides is 1. The van der Waals surface area contributed by atoms with Crippen molar-refractivity contribution in [2.45, 2.75) is 38.5 Å². The van der Waals surface area contributed by atoms with Crippen LogP contribution in [0.1, 0.15) is 48.6 Å². The molecule has 0 atom stereocenters. The molecule has 0 saturated carbocycles. The summed E-state index contributed by atoms with van der Waals surface area (Å²) < 4.78 is 14.4. The Hall–Kier alpha value is -3.07. The van der Waals surface area contributed by atoms with E-state index in [0.717, 1.165) is 9.47 Å². The van der Waals surface area contributed by atoms with Crippen LogP contribution in [0.3, 0.4) is 0 Å². The molecule has 0 radical (unpaired) electrons. The number of hydrogen-bond acceptors (Lipinski definition) is 6. The molecule has 0 spiro atoms. The predicted molar refractivity (Wildman–Crippen MR) is 117 cm³/mol. The average Bonchev–Trinajstić information content (AvgIpc) is 2.71. The highest BCUT2D eigenvalue weighted by atomic mass is 35.5. The van der Waals surface area contributed by atoms with E-state index in [2.05, 4.69) is 4.98 Å². The van der Waals surface area contributed by atoms with Crippen LogP contribution in [0.25, 0.3) is 0 Å². The monoisotopic (exact) mass is 465 g/mol. The van der Waals surface area contributed by atoms with Crippen molar-refractivity contribution >= 4 is 29.1 Å². The summed E-state index contributed by atoms with van der Waals surface area (Å²) in [6.45, 7) is 3.23. The number of nitrogens with zero attached hydrogens (tertiary/aromatic N) is 3. The number of halogens is 2. The fraction of sp³-hybridized carbons (Fsp3) is 0.409. The number of likely N-dealkylation sites (N-methyl/N-ethyl adjacent to an activating group) is 1. The van der Waals surface area contributed by atoms with Crippen LogP contribution in [0.15, 0.2) is 23.0 Å². The molecule has 0 unspecified atom stereocenters. The molecule has 1 N–H and O–H groups in total. The molecule has 1 amide bonds. The van der Waals surface area contributed by atoms with Gasteiger partial charge in [-0.1, -0.05) is 31.5 Å². The number of hydrogen-bond donors (Lipinski definition) is 1. The third-order valence-corrected chi connectivity index (χ3v) is 5.30. The van der Waals surface area contributed by atoms with Crippen LogP contribution in [0, 0.1) is 5.82 Å². The Labute approximate surface area is 189 Å². The van der Waals surface area contributed by atoms with Crippen LogP contribution >= 0.6 is 11.6 Å². The van der Waals surface area contributed by atoms with Crippen molar-refractivity contribution in [1.29, 1.82) is 0 Å². The fourth-order valence-corrected chi connectivity index (χ4v) is 3.47. The van der Waals surface area contributed by atoms with Crippen LogP contribution in [0.5, 0.6) is 5.75 Å². The van der Waals surface area contributed by atoms with Gasteiger partial charge >= 0.3 is 0 Å². The van der Waals surface area contributed by atoms with Gasteiger partial charge in [0.15, 0.2) is 11.5 Å². The number of carbonyl (C=O) groups is 3. The first kappa shape index (κ1) is 25.2. The molecule has 1 heterocycles. The molecule has 2 rings (SSSR count). The van der Waals surface area contributed by atoms with E-state index in [1.807, 2.05) is 0 Å². The maximum Gasteiger partial charge on any atom is 0.296 e. The summed E-state index contributed by atoms with van der Waals surface area (Å²) in [5, 5.41) is 10.2. The van der Waals surface area contributed by atoms with Crippen molar-refractivity contribution in [3.05, 3.63) is 56.5 Å². The van der Waals surface area contributed by atoms with Crippen molar-refractivity contribution in [1.82, 2.24) is 14.5 Å². The van der Waals surface area contributed by atoms with E-state index in [1.54, 1.807) is 13.8 Å². The lowest BCUT2D eigenvalue weighted by Gasteiger charge is -2.26. The third kappa shape index (κ3) is 5.40. The van der Waals surface area contributed by atoms with E-state index in [1.165, 1.54) is 39.3 Å². The fourth-order valence-electron chi connectivity index (χ4n) is 3.27. The van der Waals surface area contributed by atoms with Crippen molar-refractivity contribution < 1.29 is 23.9 Å².